The van der Waals surface area contributed by atoms with Crippen molar-refractivity contribution in [2.75, 3.05) is 6.61 Å². The van der Waals surface area contributed by atoms with Crippen LogP contribution < -0.4 is 14.9 Å². The summed E-state index contributed by atoms with van der Waals surface area (Å²) in [6.45, 7) is 6.26. The summed E-state index contributed by atoms with van der Waals surface area (Å²) < 4.78 is 9.62. The van der Waals surface area contributed by atoms with Gasteiger partial charge >= 0.3 is 5.97 Å². The highest BCUT2D eigenvalue weighted by Crippen LogP contribution is 2.35. The summed E-state index contributed by atoms with van der Waals surface area (Å²) >= 11 is 20.6. The van der Waals surface area contributed by atoms with Crippen LogP contribution >= 0.6 is 46.1 Å². The van der Waals surface area contributed by atoms with Crippen molar-refractivity contribution < 1.29 is 9.53 Å². The first-order valence-corrected chi connectivity index (χ1v) is 15.6. The molecule has 6 nitrogen and oxygen atoms in total. The zero-order chi connectivity index (χ0) is 30.4. The molecule has 3 aromatic carbocycles. The van der Waals surface area contributed by atoms with Gasteiger partial charge in [0.1, 0.15) is 6.04 Å². The van der Waals surface area contributed by atoms with Crippen molar-refractivity contribution in [3.8, 4) is 0 Å². The average Bonchev–Trinajstić information content (AvgIpc) is 3.42. The van der Waals surface area contributed by atoms with E-state index in [1.165, 1.54) is 11.3 Å². The van der Waals surface area contributed by atoms with Gasteiger partial charge in [-0.1, -0.05) is 88.6 Å². The number of ether oxygens (including phenoxy) is 1. The lowest BCUT2D eigenvalue weighted by molar-refractivity contribution is -0.139. The van der Waals surface area contributed by atoms with Crippen LogP contribution in [-0.4, -0.2) is 21.7 Å². The van der Waals surface area contributed by atoms with E-state index in [1.807, 2.05) is 61.5 Å². The lowest BCUT2D eigenvalue weighted by Crippen LogP contribution is -2.40. The Bertz CT molecular complexity index is 2140. The summed E-state index contributed by atoms with van der Waals surface area (Å²) in [4.78, 5) is 32.6. The van der Waals surface area contributed by atoms with Crippen molar-refractivity contribution in [2.24, 2.45) is 4.99 Å². The Morgan fingerprint density at radius 1 is 1.02 bits per heavy atom. The Morgan fingerprint density at radius 2 is 1.77 bits per heavy atom. The number of nitrogens with zero attached hydrogens (tertiary/aromatic N) is 3. The SMILES string of the molecule is CCOC(=O)C1=C(C)N=c2s/c(=C\c3c(C)n(Cc4ccc(Cl)cc4Cl)c4ccccc34)c(=O)n2[C@H]1c1ccccc1Cl. The third-order valence-corrected chi connectivity index (χ3v) is 9.53. The Kier molecular flexibility index (Phi) is 8.09. The molecule has 10 heteroatoms. The third-order valence-electron chi connectivity index (χ3n) is 7.62. The summed E-state index contributed by atoms with van der Waals surface area (Å²) in [5, 5.41) is 2.61. The first-order chi connectivity index (χ1) is 20.7. The average molecular weight is 651 g/mol. The van der Waals surface area contributed by atoms with Crippen LogP contribution in [0.3, 0.4) is 0 Å². The number of halogens is 3. The topological polar surface area (TPSA) is 65.6 Å². The molecule has 0 radical (unpaired) electrons. The first-order valence-electron chi connectivity index (χ1n) is 13.7. The largest absolute Gasteiger partial charge is 0.463 e. The molecule has 218 valence electrons. The number of aromatic nitrogens is 2. The number of allylic oxidation sites excluding steroid dienone is 1. The number of esters is 1. The molecular weight excluding hydrogens is 625 g/mol. The second-order valence-electron chi connectivity index (χ2n) is 10.2. The molecule has 43 heavy (non-hydrogen) atoms. The summed E-state index contributed by atoms with van der Waals surface area (Å²) in [6, 6.07) is 20.0. The van der Waals surface area contributed by atoms with Gasteiger partial charge in [-0.25, -0.2) is 9.79 Å². The number of fused-ring (bicyclic) bond motifs is 2. The van der Waals surface area contributed by atoms with E-state index in [1.54, 1.807) is 30.5 Å². The van der Waals surface area contributed by atoms with E-state index in [0.29, 0.717) is 47.8 Å². The minimum Gasteiger partial charge on any atom is -0.463 e. The van der Waals surface area contributed by atoms with Crippen LogP contribution in [0.4, 0.5) is 0 Å². The zero-order valence-electron chi connectivity index (χ0n) is 23.5. The molecule has 1 aliphatic heterocycles. The van der Waals surface area contributed by atoms with E-state index in [2.05, 4.69) is 15.6 Å². The maximum atomic E-state index is 14.2. The molecule has 1 aliphatic rings. The normalized spacial score (nSPS) is 15.1. The number of hydrogen-bond acceptors (Lipinski definition) is 5. The molecule has 0 N–H and O–H groups in total. The summed E-state index contributed by atoms with van der Waals surface area (Å²) in [5.74, 6) is -0.525. The van der Waals surface area contributed by atoms with Crippen molar-refractivity contribution in [3.05, 3.63) is 135 Å². The molecule has 0 spiro atoms. The minimum absolute atomic E-state index is 0.194. The number of para-hydroxylation sites is 1. The van der Waals surface area contributed by atoms with Crippen molar-refractivity contribution >= 4 is 69.1 Å². The van der Waals surface area contributed by atoms with Gasteiger partial charge in [0.05, 0.1) is 22.4 Å². The fourth-order valence-corrected chi connectivity index (χ4v) is 7.31. The number of rotatable bonds is 6. The van der Waals surface area contributed by atoms with Gasteiger partial charge in [-0.2, -0.15) is 0 Å². The monoisotopic (exact) mass is 649 g/mol. The maximum Gasteiger partial charge on any atom is 0.338 e. The molecule has 5 aromatic rings. The number of benzene rings is 3. The Morgan fingerprint density at radius 3 is 2.51 bits per heavy atom. The van der Waals surface area contributed by atoms with Gasteiger partial charge in [-0.05, 0) is 62.2 Å². The molecule has 0 unspecified atom stereocenters. The highest BCUT2D eigenvalue weighted by Gasteiger charge is 2.34. The predicted molar refractivity (Wildman–Crippen MR) is 174 cm³/mol. The van der Waals surface area contributed by atoms with Crippen molar-refractivity contribution in [1.29, 1.82) is 0 Å². The lowest BCUT2D eigenvalue weighted by Gasteiger charge is -2.25. The number of thiazole rings is 1. The molecule has 3 heterocycles. The van der Waals surface area contributed by atoms with Crippen LogP contribution in [0.25, 0.3) is 17.0 Å². The highest BCUT2D eigenvalue weighted by molar-refractivity contribution is 7.07. The standard InChI is InChI=1S/C33H26Cl3N3O3S/c1-4-42-32(41)29-18(2)37-33-39(30(29)23-10-5-7-11-25(23)35)31(40)28(43-33)16-24-19(3)38(27-12-8-6-9-22(24)27)17-20-13-14-21(34)15-26(20)36/h5-16,30H,4,17H2,1-3H3/b28-16-/t30-/m0/s1. The molecule has 1 atom stereocenters. The van der Waals surface area contributed by atoms with Crippen LogP contribution in [0.2, 0.25) is 15.1 Å². The van der Waals surface area contributed by atoms with E-state index in [4.69, 9.17) is 39.5 Å². The summed E-state index contributed by atoms with van der Waals surface area (Å²) in [5.41, 5.74) is 4.99. The smallest absolute Gasteiger partial charge is 0.338 e. The second-order valence-corrected chi connectivity index (χ2v) is 12.4. The maximum absolute atomic E-state index is 14.2. The lowest BCUT2D eigenvalue weighted by atomic mass is 9.96. The first kappa shape index (κ1) is 29.5. The van der Waals surface area contributed by atoms with E-state index in [-0.39, 0.29) is 12.2 Å². The number of carbonyl (C=O) groups is 1. The van der Waals surface area contributed by atoms with Gasteiger partial charge in [0.25, 0.3) is 5.56 Å². The number of carbonyl (C=O) groups excluding carboxylic acids is 1. The minimum atomic E-state index is -0.777. The molecule has 0 bridgehead atoms. The van der Waals surface area contributed by atoms with Gasteiger partial charge in [-0.3, -0.25) is 9.36 Å². The van der Waals surface area contributed by atoms with Crippen LogP contribution in [0, 0.1) is 6.92 Å². The van der Waals surface area contributed by atoms with Crippen molar-refractivity contribution in [3.63, 3.8) is 0 Å². The molecule has 6 rings (SSSR count). The predicted octanol–water partition coefficient (Wildman–Crippen LogP) is 7.07. The second kappa shape index (κ2) is 11.8. The molecule has 0 saturated heterocycles. The van der Waals surface area contributed by atoms with Crippen LogP contribution in [0.1, 0.15) is 42.3 Å². The van der Waals surface area contributed by atoms with Crippen molar-refractivity contribution in [1.82, 2.24) is 9.13 Å². The molecule has 0 fully saturated rings. The van der Waals surface area contributed by atoms with Crippen LogP contribution in [-0.2, 0) is 16.1 Å². The third kappa shape index (κ3) is 5.25. The van der Waals surface area contributed by atoms with Crippen molar-refractivity contribution in [2.45, 2.75) is 33.4 Å². The van der Waals surface area contributed by atoms with Gasteiger partial charge in [0.15, 0.2) is 4.80 Å². The quantitative estimate of drug-likeness (QED) is 0.185. The molecule has 0 amide bonds. The van der Waals surface area contributed by atoms with E-state index in [0.717, 1.165) is 27.7 Å². The highest BCUT2D eigenvalue weighted by atomic mass is 35.5. The molecule has 2 aromatic heterocycles. The van der Waals surface area contributed by atoms with E-state index < -0.39 is 12.0 Å². The van der Waals surface area contributed by atoms with E-state index >= 15 is 0 Å². The molecule has 0 saturated carbocycles. The molecular formula is C33H26Cl3N3O3S. The van der Waals surface area contributed by atoms with Gasteiger partial charge in [0.2, 0.25) is 0 Å². The summed E-state index contributed by atoms with van der Waals surface area (Å²) in [6.07, 6.45) is 1.91. The number of hydrogen-bond donors (Lipinski definition) is 0. The van der Waals surface area contributed by atoms with E-state index in [9.17, 15) is 9.59 Å². The Labute approximate surface area is 266 Å². The van der Waals surface area contributed by atoms with Gasteiger partial charge < -0.3 is 9.30 Å². The van der Waals surface area contributed by atoms with Crippen LogP contribution in [0.15, 0.2) is 87.8 Å². The fraction of sp³-hybridized carbons (Fsp3) is 0.182. The Hall–Kier alpha value is -3.62. The zero-order valence-corrected chi connectivity index (χ0v) is 26.6. The van der Waals surface area contributed by atoms with Gasteiger partial charge in [-0.15, -0.1) is 0 Å². The summed E-state index contributed by atoms with van der Waals surface area (Å²) in [7, 11) is 0. The van der Waals surface area contributed by atoms with Crippen LogP contribution in [0.5, 0.6) is 0 Å². The Balaban J connectivity index is 1.56. The van der Waals surface area contributed by atoms with Gasteiger partial charge in [0, 0.05) is 43.8 Å². The fourth-order valence-electron chi connectivity index (χ4n) is 5.58. The molecule has 0 aliphatic carbocycles.